The molecule has 20 heavy (non-hydrogen) atoms. The molecule has 1 saturated heterocycles. The third-order valence-corrected chi connectivity index (χ3v) is 5.37. The van der Waals surface area contributed by atoms with E-state index in [1.54, 1.807) is 12.1 Å². The molecule has 110 valence electrons. The van der Waals surface area contributed by atoms with Crippen molar-refractivity contribution in [3.63, 3.8) is 0 Å². The van der Waals surface area contributed by atoms with E-state index < -0.39 is 10.0 Å². The molecular formula is C13H17ClN2O3S. The van der Waals surface area contributed by atoms with Crippen LogP contribution >= 0.6 is 11.6 Å². The highest BCUT2D eigenvalue weighted by atomic mass is 35.5. The second kappa shape index (κ2) is 6.11. The van der Waals surface area contributed by atoms with Gasteiger partial charge >= 0.3 is 0 Å². The number of nitrogens with zero attached hydrogens (tertiary/aromatic N) is 1. The third-order valence-electron chi connectivity index (χ3n) is 3.24. The van der Waals surface area contributed by atoms with Gasteiger partial charge in [0.25, 0.3) is 0 Å². The van der Waals surface area contributed by atoms with Gasteiger partial charge in [-0.25, -0.2) is 8.42 Å². The van der Waals surface area contributed by atoms with Crippen molar-refractivity contribution < 1.29 is 13.2 Å². The summed E-state index contributed by atoms with van der Waals surface area (Å²) in [6.45, 7) is 2.22. The Balaban J connectivity index is 2.16. The second-order valence-corrected chi connectivity index (χ2v) is 7.23. The van der Waals surface area contributed by atoms with Gasteiger partial charge in [-0.1, -0.05) is 11.6 Å². The van der Waals surface area contributed by atoms with Gasteiger partial charge in [0.1, 0.15) is 0 Å². The Morgan fingerprint density at radius 3 is 2.60 bits per heavy atom. The molecule has 1 unspecified atom stereocenters. The summed E-state index contributed by atoms with van der Waals surface area (Å²) >= 11 is 5.77. The zero-order valence-electron chi connectivity index (χ0n) is 11.2. The summed E-state index contributed by atoms with van der Waals surface area (Å²) in [7, 11) is -3.52. The molecule has 1 aromatic rings. The molecule has 0 aromatic heterocycles. The van der Waals surface area contributed by atoms with E-state index in [-0.39, 0.29) is 16.8 Å². The van der Waals surface area contributed by atoms with E-state index in [4.69, 9.17) is 11.6 Å². The molecule has 0 radical (unpaired) electrons. The number of rotatable bonds is 3. The van der Waals surface area contributed by atoms with E-state index in [1.807, 2.05) is 0 Å². The van der Waals surface area contributed by atoms with Gasteiger partial charge in [0.15, 0.2) is 0 Å². The number of hydrogen-bond acceptors (Lipinski definition) is 3. The van der Waals surface area contributed by atoms with Crippen molar-refractivity contribution in [2.45, 2.75) is 30.7 Å². The van der Waals surface area contributed by atoms with E-state index in [0.29, 0.717) is 18.1 Å². The maximum absolute atomic E-state index is 12.5. The summed E-state index contributed by atoms with van der Waals surface area (Å²) in [4.78, 5) is 11.3. The molecule has 5 nitrogen and oxygen atoms in total. The number of hydrogen-bond donors (Lipinski definition) is 1. The number of piperidine rings is 1. The summed E-state index contributed by atoms with van der Waals surface area (Å²) < 4.78 is 26.4. The van der Waals surface area contributed by atoms with Crippen molar-refractivity contribution in [2.75, 3.05) is 13.1 Å². The fourth-order valence-corrected chi connectivity index (χ4v) is 3.97. The molecule has 0 aliphatic carbocycles. The van der Waals surface area contributed by atoms with Crippen LogP contribution in [0.25, 0.3) is 0 Å². The van der Waals surface area contributed by atoms with Gasteiger partial charge in [-0.3, -0.25) is 4.79 Å². The maximum atomic E-state index is 12.5. The molecule has 1 amide bonds. The molecule has 1 aliphatic rings. The lowest BCUT2D eigenvalue weighted by molar-refractivity contribution is -0.119. The van der Waals surface area contributed by atoms with Gasteiger partial charge in [-0.05, 0) is 37.1 Å². The predicted molar refractivity (Wildman–Crippen MR) is 77.0 cm³/mol. The largest absolute Gasteiger partial charge is 0.352 e. The molecule has 2 rings (SSSR count). The van der Waals surface area contributed by atoms with Crippen molar-refractivity contribution >= 4 is 27.5 Å². The summed E-state index contributed by atoms with van der Waals surface area (Å²) in [5.74, 6) is -0.138. The van der Waals surface area contributed by atoms with Crippen LogP contribution in [0.1, 0.15) is 19.8 Å². The van der Waals surface area contributed by atoms with Crippen molar-refractivity contribution in [2.24, 2.45) is 0 Å². The minimum Gasteiger partial charge on any atom is -0.352 e. The number of benzene rings is 1. The van der Waals surface area contributed by atoms with E-state index >= 15 is 0 Å². The van der Waals surface area contributed by atoms with Crippen LogP contribution in [0.2, 0.25) is 5.02 Å². The molecule has 1 aromatic carbocycles. The first kappa shape index (κ1) is 15.3. The number of halogens is 1. The molecular weight excluding hydrogens is 300 g/mol. The fourth-order valence-electron chi connectivity index (χ4n) is 2.32. The average Bonchev–Trinajstić information content (AvgIpc) is 2.39. The molecule has 1 heterocycles. The van der Waals surface area contributed by atoms with E-state index in [2.05, 4.69) is 5.32 Å². The van der Waals surface area contributed by atoms with Crippen molar-refractivity contribution in [3.8, 4) is 0 Å². The monoisotopic (exact) mass is 316 g/mol. The SMILES string of the molecule is CC(=O)NC1CCCN(S(=O)(=O)c2ccc(Cl)cc2)C1. The molecule has 1 atom stereocenters. The first-order valence-corrected chi connectivity index (χ1v) is 8.24. The summed E-state index contributed by atoms with van der Waals surface area (Å²) in [6, 6.07) is 6.00. The quantitative estimate of drug-likeness (QED) is 0.921. The van der Waals surface area contributed by atoms with Crippen LogP contribution < -0.4 is 5.32 Å². The van der Waals surface area contributed by atoms with Crippen LogP contribution in [0.5, 0.6) is 0 Å². The highest BCUT2D eigenvalue weighted by Crippen LogP contribution is 2.22. The number of carbonyl (C=O) groups excluding carboxylic acids is 1. The molecule has 7 heteroatoms. The van der Waals surface area contributed by atoms with E-state index in [9.17, 15) is 13.2 Å². The molecule has 0 bridgehead atoms. The number of nitrogens with one attached hydrogen (secondary N) is 1. The number of sulfonamides is 1. The lowest BCUT2D eigenvalue weighted by atomic mass is 10.1. The predicted octanol–water partition coefficient (Wildman–Crippen LogP) is 1.63. The zero-order valence-corrected chi connectivity index (χ0v) is 12.7. The molecule has 1 N–H and O–H groups in total. The minimum absolute atomic E-state index is 0.122. The van der Waals surface area contributed by atoms with Crippen LogP contribution in [-0.4, -0.2) is 37.8 Å². The van der Waals surface area contributed by atoms with Gasteiger partial charge in [0.2, 0.25) is 15.9 Å². The third kappa shape index (κ3) is 3.50. The van der Waals surface area contributed by atoms with Gasteiger partial charge in [0, 0.05) is 31.1 Å². The molecule has 1 aliphatic heterocycles. The number of amides is 1. The van der Waals surface area contributed by atoms with Gasteiger partial charge in [0.05, 0.1) is 4.90 Å². The Morgan fingerprint density at radius 1 is 1.35 bits per heavy atom. The van der Waals surface area contributed by atoms with Gasteiger partial charge < -0.3 is 5.32 Å². The van der Waals surface area contributed by atoms with Gasteiger partial charge in [-0.15, -0.1) is 0 Å². The Bertz CT molecular complexity index is 586. The standard InChI is InChI=1S/C13H17ClN2O3S/c1-10(17)15-12-3-2-8-16(9-12)20(18,19)13-6-4-11(14)5-7-13/h4-7,12H,2-3,8-9H2,1H3,(H,15,17). The Morgan fingerprint density at radius 2 is 2.00 bits per heavy atom. The maximum Gasteiger partial charge on any atom is 0.243 e. The summed E-state index contributed by atoms with van der Waals surface area (Å²) in [5.41, 5.74) is 0. The van der Waals surface area contributed by atoms with Crippen molar-refractivity contribution in [1.82, 2.24) is 9.62 Å². The zero-order chi connectivity index (χ0) is 14.8. The second-order valence-electron chi connectivity index (χ2n) is 4.86. The Kier molecular flexibility index (Phi) is 4.67. The lowest BCUT2D eigenvalue weighted by Gasteiger charge is -2.32. The minimum atomic E-state index is -3.52. The number of carbonyl (C=O) groups is 1. The van der Waals surface area contributed by atoms with Crippen molar-refractivity contribution in [3.05, 3.63) is 29.3 Å². The van der Waals surface area contributed by atoms with Crippen molar-refractivity contribution in [1.29, 1.82) is 0 Å². The Labute approximate surface area is 124 Å². The summed E-state index contributed by atoms with van der Waals surface area (Å²) in [5, 5.41) is 3.28. The van der Waals surface area contributed by atoms with Gasteiger partial charge in [-0.2, -0.15) is 4.31 Å². The van der Waals surface area contributed by atoms with Crippen LogP contribution in [0, 0.1) is 0 Å². The van der Waals surface area contributed by atoms with E-state index in [0.717, 1.165) is 12.8 Å². The average molecular weight is 317 g/mol. The summed E-state index contributed by atoms with van der Waals surface area (Å²) in [6.07, 6.45) is 1.53. The first-order valence-electron chi connectivity index (χ1n) is 6.42. The first-order chi connectivity index (χ1) is 9.39. The van der Waals surface area contributed by atoms with Crippen LogP contribution in [-0.2, 0) is 14.8 Å². The molecule has 1 fully saturated rings. The fraction of sp³-hybridized carbons (Fsp3) is 0.462. The normalized spacial score (nSPS) is 20.6. The topological polar surface area (TPSA) is 66.5 Å². The smallest absolute Gasteiger partial charge is 0.243 e. The highest BCUT2D eigenvalue weighted by molar-refractivity contribution is 7.89. The van der Waals surface area contributed by atoms with Crippen LogP contribution in [0.4, 0.5) is 0 Å². The lowest BCUT2D eigenvalue weighted by Crippen LogP contribution is -2.49. The van der Waals surface area contributed by atoms with E-state index in [1.165, 1.54) is 23.4 Å². The van der Waals surface area contributed by atoms with Crippen LogP contribution in [0.3, 0.4) is 0 Å². The van der Waals surface area contributed by atoms with Crippen LogP contribution in [0.15, 0.2) is 29.2 Å². The Hall–Kier alpha value is -1.11. The molecule has 0 saturated carbocycles. The highest BCUT2D eigenvalue weighted by Gasteiger charge is 2.30. The molecule has 0 spiro atoms.